The van der Waals surface area contributed by atoms with E-state index in [1.54, 1.807) is 0 Å². The summed E-state index contributed by atoms with van der Waals surface area (Å²) in [4.78, 5) is 2.53. The van der Waals surface area contributed by atoms with Gasteiger partial charge in [-0.15, -0.1) is 0 Å². The molecule has 0 radical (unpaired) electrons. The van der Waals surface area contributed by atoms with Gasteiger partial charge in [0, 0.05) is 27.3 Å². The fourth-order valence-electron chi connectivity index (χ4n) is 9.74. The lowest BCUT2D eigenvalue weighted by molar-refractivity contribution is 1.18. The molecule has 10 aromatic carbocycles. The molecule has 0 amide bonds. The number of benzene rings is 10. The van der Waals surface area contributed by atoms with Gasteiger partial charge in [-0.05, 0) is 92.4 Å². The predicted molar refractivity (Wildman–Crippen MR) is 254 cm³/mol. The second-order valence-electron chi connectivity index (χ2n) is 15.6. The number of fused-ring (bicyclic) bond motifs is 6. The predicted octanol–water partition coefficient (Wildman–Crippen LogP) is 16.1. The summed E-state index contributed by atoms with van der Waals surface area (Å²) in [6.45, 7) is 0. The monoisotopic (exact) mass is 762 g/mol. The summed E-state index contributed by atoms with van der Waals surface area (Å²) < 4.78 is 2.48. The molecular formula is C58H38N2. The Labute approximate surface area is 349 Å². The molecular weight excluding hydrogens is 725 g/mol. The van der Waals surface area contributed by atoms with Crippen molar-refractivity contribution < 1.29 is 0 Å². The molecule has 60 heavy (non-hydrogen) atoms. The van der Waals surface area contributed by atoms with E-state index in [2.05, 4.69) is 240 Å². The van der Waals surface area contributed by atoms with Crippen LogP contribution in [-0.2, 0) is 0 Å². The Balaban J connectivity index is 1.17. The summed E-state index contributed by atoms with van der Waals surface area (Å²) in [6.07, 6.45) is 0. The maximum atomic E-state index is 2.53. The first kappa shape index (κ1) is 34.1. The van der Waals surface area contributed by atoms with Crippen molar-refractivity contribution in [3.63, 3.8) is 0 Å². The Morgan fingerprint density at radius 2 is 0.800 bits per heavy atom. The van der Waals surface area contributed by atoms with Crippen LogP contribution in [0.4, 0.5) is 17.1 Å². The zero-order valence-corrected chi connectivity index (χ0v) is 32.8. The van der Waals surface area contributed by atoms with Crippen LogP contribution in [0.3, 0.4) is 0 Å². The van der Waals surface area contributed by atoms with Crippen molar-refractivity contribution in [2.75, 3.05) is 4.90 Å². The van der Waals surface area contributed by atoms with Crippen molar-refractivity contribution >= 4 is 49.6 Å². The molecule has 1 heterocycles. The Kier molecular flexibility index (Phi) is 7.89. The summed E-state index contributed by atoms with van der Waals surface area (Å²) >= 11 is 0. The van der Waals surface area contributed by atoms with E-state index in [-0.39, 0.29) is 0 Å². The van der Waals surface area contributed by atoms with E-state index in [0.29, 0.717) is 0 Å². The third kappa shape index (κ3) is 5.28. The van der Waals surface area contributed by atoms with Crippen molar-refractivity contribution in [1.29, 1.82) is 0 Å². The van der Waals surface area contributed by atoms with Crippen molar-refractivity contribution in [2.24, 2.45) is 0 Å². The second-order valence-corrected chi connectivity index (χ2v) is 15.6. The lowest BCUT2D eigenvalue weighted by Gasteiger charge is -2.30. The molecule has 0 aliphatic heterocycles. The molecule has 12 rings (SSSR count). The van der Waals surface area contributed by atoms with Crippen LogP contribution in [0.25, 0.3) is 93.9 Å². The van der Waals surface area contributed by atoms with Crippen LogP contribution >= 0.6 is 0 Å². The van der Waals surface area contributed by atoms with E-state index in [4.69, 9.17) is 0 Å². The van der Waals surface area contributed by atoms with Gasteiger partial charge in [0.05, 0.1) is 33.8 Å². The molecule has 280 valence electrons. The minimum Gasteiger partial charge on any atom is -0.309 e. The highest BCUT2D eigenvalue weighted by molar-refractivity contribution is 6.22. The molecule has 2 heteroatoms. The molecule has 0 unspecified atom stereocenters. The average molecular weight is 763 g/mol. The quantitative estimate of drug-likeness (QED) is 0.157. The zero-order valence-electron chi connectivity index (χ0n) is 32.8. The molecule has 1 aliphatic rings. The minimum atomic E-state index is 1.13. The molecule has 0 saturated carbocycles. The maximum Gasteiger partial charge on any atom is 0.0562 e. The summed E-state index contributed by atoms with van der Waals surface area (Å²) in [5.41, 5.74) is 19.1. The summed E-state index contributed by atoms with van der Waals surface area (Å²) in [7, 11) is 0. The van der Waals surface area contributed by atoms with Gasteiger partial charge in [0.25, 0.3) is 0 Å². The third-order valence-corrected chi connectivity index (χ3v) is 12.3. The Hall–Kier alpha value is -7.94. The van der Waals surface area contributed by atoms with Crippen LogP contribution in [0.2, 0.25) is 0 Å². The van der Waals surface area contributed by atoms with Gasteiger partial charge < -0.3 is 9.47 Å². The van der Waals surface area contributed by atoms with Gasteiger partial charge in [-0.3, -0.25) is 0 Å². The maximum absolute atomic E-state index is 2.53. The van der Waals surface area contributed by atoms with E-state index in [0.717, 1.165) is 33.8 Å². The fourth-order valence-corrected chi connectivity index (χ4v) is 9.74. The van der Waals surface area contributed by atoms with E-state index in [1.807, 2.05) is 0 Å². The molecule has 11 aromatic rings. The topological polar surface area (TPSA) is 8.17 Å². The summed E-state index contributed by atoms with van der Waals surface area (Å²) in [5, 5.41) is 4.94. The Morgan fingerprint density at radius 1 is 0.267 bits per heavy atom. The number of para-hydroxylation sites is 2. The number of nitrogens with zero attached hydrogens (tertiary/aromatic N) is 2. The van der Waals surface area contributed by atoms with Gasteiger partial charge in [-0.25, -0.2) is 0 Å². The molecule has 0 saturated heterocycles. The van der Waals surface area contributed by atoms with E-state index in [9.17, 15) is 0 Å². The van der Waals surface area contributed by atoms with Crippen molar-refractivity contribution in [2.45, 2.75) is 0 Å². The van der Waals surface area contributed by atoms with Crippen LogP contribution in [0.15, 0.2) is 231 Å². The van der Waals surface area contributed by atoms with Gasteiger partial charge in [0.2, 0.25) is 0 Å². The Morgan fingerprint density at radius 3 is 1.55 bits per heavy atom. The Bertz CT molecular complexity index is 3390. The molecule has 0 bridgehead atoms. The van der Waals surface area contributed by atoms with Crippen molar-refractivity contribution in [3.8, 4) is 61.3 Å². The van der Waals surface area contributed by atoms with E-state index in [1.165, 1.54) is 77.2 Å². The van der Waals surface area contributed by atoms with Gasteiger partial charge in [-0.2, -0.15) is 0 Å². The largest absolute Gasteiger partial charge is 0.309 e. The second kappa shape index (κ2) is 13.9. The van der Waals surface area contributed by atoms with Crippen LogP contribution in [0, 0.1) is 0 Å². The average Bonchev–Trinajstić information content (AvgIpc) is 3.84. The summed E-state index contributed by atoms with van der Waals surface area (Å²) in [6, 6.07) is 84.2. The molecule has 1 aromatic heterocycles. The highest BCUT2D eigenvalue weighted by Gasteiger charge is 2.28. The molecule has 0 atom stereocenters. The first-order valence-electron chi connectivity index (χ1n) is 20.7. The molecule has 2 nitrogen and oxygen atoms in total. The van der Waals surface area contributed by atoms with Gasteiger partial charge in [-0.1, -0.05) is 188 Å². The lowest BCUT2D eigenvalue weighted by Crippen LogP contribution is -2.12. The minimum absolute atomic E-state index is 1.13. The number of anilines is 3. The normalized spacial score (nSPS) is 11.7. The van der Waals surface area contributed by atoms with Crippen molar-refractivity contribution in [3.05, 3.63) is 231 Å². The van der Waals surface area contributed by atoms with Crippen LogP contribution in [-0.4, -0.2) is 4.57 Å². The first-order valence-corrected chi connectivity index (χ1v) is 20.7. The number of rotatable bonds is 7. The highest BCUT2D eigenvalue weighted by atomic mass is 15.2. The van der Waals surface area contributed by atoms with Gasteiger partial charge in [0.1, 0.15) is 0 Å². The number of aromatic nitrogens is 1. The van der Waals surface area contributed by atoms with Crippen molar-refractivity contribution in [1.82, 2.24) is 4.57 Å². The van der Waals surface area contributed by atoms with Gasteiger partial charge >= 0.3 is 0 Å². The molecule has 0 spiro atoms. The van der Waals surface area contributed by atoms with E-state index < -0.39 is 0 Å². The highest BCUT2D eigenvalue weighted by Crippen LogP contribution is 2.53. The smallest absolute Gasteiger partial charge is 0.0562 e. The molecule has 0 fully saturated rings. The van der Waals surface area contributed by atoms with E-state index >= 15 is 0 Å². The van der Waals surface area contributed by atoms with Gasteiger partial charge in [0.15, 0.2) is 0 Å². The standard InChI is InChI=1S/C58H38N2/c1-4-18-39(19-5-1)42-34-36-54(50(38-42)41-22-8-3-9-23-41)60-52-31-15-13-27-49(52)58-55(32-17-33-56(58)60)59(51-30-14-12-24-43(51)40-20-6-2-7-21-40)53-37-35-47-45-26-11-10-25-44(45)46-28-16-29-48(53)57(46)47/h1-38H. The number of hydrogen-bond donors (Lipinski definition) is 0. The lowest BCUT2D eigenvalue weighted by atomic mass is 9.97. The summed E-state index contributed by atoms with van der Waals surface area (Å²) in [5.74, 6) is 0. The van der Waals surface area contributed by atoms with Crippen LogP contribution < -0.4 is 4.90 Å². The third-order valence-electron chi connectivity index (χ3n) is 12.3. The SMILES string of the molecule is c1ccc(-c2ccc(-n3c4ccccc4c4c(N(c5ccccc5-c5ccccc5)c5ccc6c7c(cccc57)-c5ccccc5-6)cccc43)c(-c3ccccc3)c2)cc1. The zero-order chi connectivity index (χ0) is 39.6. The first-order chi connectivity index (χ1) is 29.8. The van der Waals surface area contributed by atoms with Crippen LogP contribution in [0.1, 0.15) is 0 Å². The fraction of sp³-hybridized carbons (Fsp3) is 0. The molecule has 0 N–H and O–H groups in total. The number of hydrogen-bond acceptors (Lipinski definition) is 1. The molecule has 1 aliphatic carbocycles. The van der Waals surface area contributed by atoms with Crippen LogP contribution in [0.5, 0.6) is 0 Å².